The van der Waals surface area contributed by atoms with Gasteiger partial charge in [0.05, 0.1) is 0 Å². The Morgan fingerprint density at radius 1 is 1.33 bits per heavy atom. The number of carbonyl (C=O) groups is 1. The van der Waals surface area contributed by atoms with E-state index < -0.39 is 17.7 Å². The summed E-state index contributed by atoms with van der Waals surface area (Å²) in [5.74, 6) is -0.750. The molecule has 1 heterocycles. The second-order valence-corrected chi connectivity index (χ2v) is 5.09. The first-order valence-electron chi connectivity index (χ1n) is 6.28. The molecule has 1 saturated heterocycles. The van der Waals surface area contributed by atoms with Gasteiger partial charge in [-0.1, -0.05) is 19.8 Å². The Bertz CT molecular complexity index is 294. The van der Waals surface area contributed by atoms with Crippen LogP contribution in [0.3, 0.4) is 0 Å². The van der Waals surface area contributed by atoms with Gasteiger partial charge in [-0.05, 0) is 25.7 Å². The van der Waals surface area contributed by atoms with E-state index in [1.54, 1.807) is 0 Å². The molecule has 0 aromatic heterocycles. The van der Waals surface area contributed by atoms with E-state index in [0.29, 0.717) is 38.8 Å². The van der Waals surface area contributed by atoms with E-state index in [0.717, 1.165) is 17.7 Å². The molecule has 1 atom stereocenters. The molecular formula is C12H20F3NO2. The van der Waals surface area contributed by atoms with Crippen molar-refractivity contribution in [2.45, 2.75) is 51.3 Å². The summed E-state index contributed by atoms with van der Waals surface area (Å²) in [6.07, 6.45) is -1.41. The van der Waals surface area contributed by atoms with Gasteiger partial charge >= 0.3 is 6.18 Å². The molecule has 0 aromatic carbocycles. The average molecular weight is 267 g/mol. The van der Waals surface area contributed by atoms with Crippen molar-refractivity contribution in [3.05, 3.63) is 0 Å². The summed E-state index contributed by atoms with van der Waals surface area (Å²) in [7, 11) is 0. The highest BCUT2D eigenvalue weighted by atomic mass is 19.4. The third kappa shape index (κ3) is 3.16. The molecule has 1 aliphatic heterocycles. The molecule has 1 N–H and O–H groups in total. The summed E-state index contributed by atoms with van der Waals surface area (Å²) in [6.45, 7) is 3.19. The first-order chi connectivity index (χ1) is 8.20. The summed E-state index contributed by atoms with van der Waals surface area (Å²) in [6, 6.07) is 0. The molecule has 1 amide bonds. The average Bonchev–Trinajstić information content (AvgIpc) is 2.28. The van der Waals surface area contributed by atoms with Gasteiger partial charge in [0, 0.05) is 13.1 Å². The summed E-state index contributed by atoms with van der Waals surface area (Å²) in [5, 5.41) is 9.32. The molecule has 0 radical (unpaired) electrons. The molecule has 1 fully saturated rings. The lowest BCUT2D eigenvalue weighted by molar-refractivity contribution is -0.250. The third-order valence-electron chi connectivity index (χ3n) is 3.57. The van der Waals surface area contributed by atoms with Gasteiger partial charge < -0.3 is 10.0 Å². The first-order valence-corrected chi connectivity index (χ1v) is 6.28. The van der Waals surface area contributed by atoms with Crippen LogP contribution in [-0.2, 0) is 4.79 Å². The van der Waals surface area contributed by atoms with Crippen LogP contribution in [0.15, 0.2) is 0 Å². The minimum Gasteiger partial charge on any atom is -0.373 e. The number of amides is 1. The topological polar surface area (TPSA) is 40.5 Å². The summed E-state index contributed by atoms with van der Waals surface area (Å²) in [4.78, 5) is 12.8. The number of aliphatic hydroxyl groups is 1. The number of piperidine rings is 1. The zero-order valence-electron chi connectivity index (χ0n) is 10.8. The molecule has 0 saturated carbocycles. The number of hydrogen-bond donors (Lipinski definition) is 1. The highest BCUT2D eigenvalue weighted by Crippen LogP contribution is 2.33. The van der Waals surface area contributed by atoms with Crippen LogP contribution >= 0.6 is 0 Å². The highest BCUT2D eigenvalue weighted by molar-refractivity contribution is 5.85. The van der Waals surface area contributed by atoms with Crippen LogP contribution in [0, 0.1) is 5.92 Å². The van der Waals surface area contributed by atoms with E-state index in [4.69, 9.17) is 0 Å². The van der Waals surface area contributed by atoms with Crippen LogP contribution < -0.4 is 0 Å². The molecule has 0 aliphatic carbocycles. The molecule has 0 unspecified atom stereocenters. The molecule has 1 rings (SSSR count). The molecule has 1 aliphatic rings. The van der Waals surface area contributed by atoms with Gasteiger partial charge in [-0.25, -0.2) is 0 Å². The molecule has 0 bridgehead atoms. The van der Waals surface area contributed by atoms with Crippen molar-refractivity contribution < 1.29 is 23.1 Å². The van der Waals surface area contributed by atoms with E-state index in [9.17, 15) is 23.1 Å². The Morgan fingerprint density at radius 2 is 1.83 bits per heavy atom. The predicted molar refractivity (Wildman–Crippen MR) is 60.9 cm³/mol. The minimum atomic E-state index is -4.93. The molecule has 0 aromatic rings. The van der Waals surface area contributed by atoms with Crippen LogP contribution in [0.25, 0.3) is 0 Å². The van der Waals surface area contributed by atoms with E-state index in [1.165, 1.54) is 0 Å². The van der Waals surface area contributed by atoms with Gasteiger partial charge in [0.25, 0.3) is 5.91 Å². The van der Waals surface area contributed by atoms with Gasteiger partial charge in [-0.3, -0.25) is 4.79 Å². The molecule has 106 valence electrons. The van der Waals surface area contributed by atoms with Crippen LogP contribution in [0.5, 0.6) is 0 Å². The van der Waals surface area contributed by atoms with E-state index in [2.05, 4.69) is 6.92 Å². The molecule has 3 nitrogen and oxygen atoms in total. The second-order valence-electron chi connectivity index (χ2n) is 5.09. The Morgan fingerprint density at radius 3 is 2.22 bits per heavy atom. The lowest BCUT2D eigenvalue weighted by Crippen LogP contribution is -2.57. The Labute approximate surface area is 105 Å². The minimum absolute atomic E-state index is 0.301. The van der Waals surface area contributed by atoms with Crippen molar-refractivity contribution >= 4 is 5.91 Å². The van der Waals surface area contributed by atoms with E-state index in [-0.39, 0.29) is 0 Å². The normalized spacial score (nSPS) is 21.8. The van der Waals surface area contributed by atoms with E-state index in [1.807, 2.05) is 0 Å². The first kappa shape index (κ1) is 15.3. The summed E-state index contributed by atoms with van der Waals surface area (Å²) in [5.41, 5.74) is -3.27. The summed E-state index contributed by atoms with van der Waals surface area (Å²) >= 11 is 0. The fourth-order valence-corrected chi connectivity index (χ4v) is 2.26. The van der Waals surface area contributed by atoms with Crippen LogP contribution in [0.1, 0.15) is 39.5 Å². The lowest BCUT2D eigenvalue weighted by atomic mass is 9.91. The number of halogens is 3. The van der Waals surface area contributed by atoms with Gasteiger partial charge in [0.1, 0.15) is 0 Å². The van der Waals surface area contributed by atoms with Gasteiger partial charge in [-0.15, -0.1) is 0 Å². The van der Waals surface area contributed by atoms with Crippen molar-refractivity contribution in [3.63, 3.8) is 0 Å². The number of likely N-dealkylation sites (tertiary alicyclic amines) is 1. The predicted octanol–water partition coefficient (Wildman–Crippen LogP) is 2.34. The van der Waals surface area contributed by atoms with Gasteiger partial charge in [0.15, 0.2) is 0 Å². The number of carbonyl (C=O) groups excluding carboxylic acids is 1. The monoisotopic (exact) mass is 267 g/mol. The number of alkyl halides is 3. The fourth-order valence-electron chi connectivity index (χ4n) is 2.26. The largest absolute Gasteiger partial charge is 0.426 e. The molecular weight excluding hydrogens is 247 g/mol. The Balaban J connectivity index is 2.60. The molecule has 0 spiro atoms. The SMILES string of the molecule is CCCC1CCN(C(=O)[C@@](C)(O)C(F)(F)F)CC1. The number of rotatable bonds is 3. The lowest BCUT2D eigenvalue weighted by Gasteiger charge is -2.36. The maximum absolute atomic E-state index is 12.5. The molecule has 6 heteroatoms. The van der Waals surface area contributed by atoms with Crippen molar-refractivity contribution in [2.24, 2.45) is 5.92 Å². The Hall–Kier alpha value is -0.780. The standard InChI is InChI=1S/C12H20F3NO2/c1-3-4-9-5-7-16(8-6-9)10(17)11(2,18)12(13,14)15/h9,18H,3-8H2,1-2H3/t11-/m1/s1. The smallest absolute Gasteiger partial charge is 0.373 e. The van der Waals surface area contributed by atoms with Crippen LogP contribution in [0.4, 0.5) is 13.2 Å². The number of nitrogens with zero attached hydrogens (tertiary/aromatic N) is 1. The van der Waals surface area contributed by atoms with Crippen molar-refractivity contribution in [1.29, 1.82) is 0 Å². The van der Waals surface area contributed by atoms with Crippen molar-refractivity contribution in [1.82, 2.24) is 4.90 Å². The van der Waals surface area contributed by atoms with Gasteiger partial charge in [0.2, 0.25) is 5.60 Å². The van der Waals surface area contributed by atoms with Crippen LogP contribution in [-0.4, -0.2) is 40.8 Å². The number of hydrogen-bond acceptors (Lipinski definition) is 2. The van der Waals surface area contributed by atoms with Crippen molar-refractivity contribution in [2.75, 3.05) is 13.1 Å². The van der Waals surface area contributed by atoms with Crippen LogP contribution in [0.2, 0.25) is 0 Å². The third-order valence-corrected chi connectivity index (χ3v) is 3.57. The molecule has 18 heavy (non-hydrogen) atoms. The Kier molecular flexibility index (Phi) is 4.64. The maximum atomic E-state index is 12.5. The van der Waals surface area contributed by atoms with E-state index >= 15 is 0 Å². The second kappa shape index (κ2) is 5.47. The van der Waals surface area contributed by atoms with Gasteiger partial charge in [-0.2, -0.15) is 13.2 Å². The van der Waals surface area contributed by atoms with Crippen molar-refractivity contribution in [3.8, 4) is 0 Å². The fraction of sp³-hybridized carbons (Fsp3) is 0.917. The highest BCUT2D eigenvalue weighted by Gasteiger charge is 2.57. The quantitative estimate of drug-likeness (QED) is 0.852. The maximum Gasteiger partial charge on any atom is 0.426 e. The summed E-state index contributed by atoms with van der Waals surface area (Å²) < 4.78 is 37.6. The zero-order valence-corrected chi connectivity index (χ0v) is 10.8. The zero-order chi connectivity index (χ0) is 14.0.